The molecule has 3 unspecified atom stereocenters. The zero-order valence-electron chi connectivity index (χ0n) is 7.78. The Morgan fingerprint density at radius 1 is 1.69 bits per heavy atom. The van der Waals surface area contributed by atoms with Gasteiger partial charge in [-0.05, 0) is 6.92 Å². The molecule has 0 amide bonds. The van der Waals surface area contributed by atoms with Gasteiger partial charge in [-0.2, -0.15) is 0 Å². The van der Waals surface area contributed by atoms with Crippen molar-refractivity contribution in [1.82, 2.24) is 0 Å². The molecule has 0 spiro atoms. The maximum atomic E-state index is 9.52. The van der Waals surface area contributed by atoms with E-state index in [1.165, 1.54) is 14.2 Å². The standard InChI is InChI=1S/C8H13BrO4/c1-5(10)8(12-3)6(9)4-7(11-2)13-8/h4-6,10H,1-3H3. The van der Waals surface area contributed by atoms with Gasteiger partial charge in [-0.3, -0.25) is 0 Å². The molecule has 76 valence electrons. The highest BCUT2D eigenvalue weighted by Gasteiger charge is 2.49. The summed E-state index contributed by atoms with van der Waals surface area (Å²) in [4.78, 5) is -0.222. The first-order valence-electron chi connectivity index (χ1n) is 3.89. The molecule has 1 aliphatic rings. The zero-order valence-corrected chi connectivity index (χ0v) is 9.37. The Hall–Kier alpha value is -0.260. The number of methoxy groups -OCH3 is 2. The van der Waals surface area contributed by atoms with Crippen LogP contribution in [0, 0.1) is 0 Å². The Morgan fingerprint density at radius 2 is 2.31 bits per heavy atom. The minimum atomic E-state index is -1.08. The molecule has 0 saturated heterocycles. The molecule has 4 nitrogen and oxygen atoms in total. The first-order valence-corrected chi connectivity index (χ1v) is 4.80. The van der Waals surface area contributed by atoms with Gasteiger partial charge in [-0.15, -0.1) is 0 Å². The molecule has 1 rings (SSSR count). The lowest BCUT2D eigenvalue weighted by atomic mass is 10.1. The van der Waals surface area contributed by atoms with Gasteiger partial charge in [0, 0.05) is 13.2 Å². The van der Waals surface area contributed by atoms with Crippen LogP contribution >= 0.6 is 15.9 Å². The van der Waals surface area contributed by atoms with Gasteiger partial charge < -0.3 is 19.3 Å². The van der Waals surface area contributed by atoms with Crippen LogP contribution < -0.4 is 0 Å². The number of hydrogen-bond acceptors (Lipinski definition) is 4. The molecule has 0 aromatic heterocycles. The van der Waals surface area contributed by atoms with Crippen molar-refractivity contribution in [1.29, 1.82) is 0 Å². The third kappa shape index (κ3) is 1.68. The van der Waals surface area contributed by atoms with E-state index in [0.29, 0.717) is 5.95 Å². The second kappa shape index (κ2) is 3.86. The molecule has 0 fully saturated rings. The lowest BCUT2D eigenvalue weighted by molar-refractivity contribution is -0.246. The van der Waals surface area contributed by atoms with E-state index >= 15 is 0 Å². The fraction of sp³-hybridized carbons (Fsp3) is 0.750. The average Bonchev–Trinajstić information content (AvgIpc) is 2.43. The van der Waals surface area contributed by atoms with E-state index in [0.717, 1.165) is 0 Å². The Bertz CT molecular complexity index is 216. The van der Waals surface area contributed by atoms with Gasteiger partial charge in [0.05, 0.1) is 7.11 Å². The lowest BCUT2D eigenvalue weighted by Crippen LogP contribution is -2.48. The van der Waals surface area contributed by atoms with Crippen molar-refractivity contribution in [2.75, 3.05) is 14.2 Å². The van der Waals surface area contributed by atoms with Crippen molar-refractivity contribution in [2.24, 2.45) is 0 Å². The summed E-state index contributed by atoms with van der Waals surface area (Å²) in [7, 11) is 2.98. The van der Waals surface area contributed by atoms with Crippen molar-refractivity contribution >= 4 is 15.9 Å². The van der Waals surface area contributed by atoms with Crippen LogP contribution in [-0.4, -0.2) is 36.0 Å². The van der Waals surface area contributed by atoms with Crippen LogP contribution in [0.4, 0.5) is 0 Å². The fourth-order valence-electron chi connectivity index (χ4n) is 1.23. The topological polar surface area (TPSA) is 47.9 Å². The van der Waals surface area contributed by atoms with E-state index in [9.17, 15) is 5.11 Å². The molecular weight excluding hydrogens is 240 g/mol. The van der Waals surface area contributed by atoms with Crippen LogP contribution in [0.5, 0.6) is 0 Å². The maximum absolute atomic E-state index is 9.52. The van der Waals surface area contributed by atoms with Gasteiger partial charge in [0.25, 0.3) is 11.7 Å². The van der Waals surface area contributed by atoms with Crippen LogP contribution in [0.15, 0.2) is 12.0 Å². The van der Waals surface area contributed by atoms with E-state index in [1.807, 2.05) is 0 Å². The SMILES string of the molecule is COC1=CC(Br)C(OC)(C(C)O)O1. The third-order valence-corrected chi connectivity index (χ3v) is 2.93. The molecule has 0 aromatic carbocycles. The Morgan fingerprint density at radius 3 is 2.54 bits per heavy atom. The summed E-state index contributed by atoms with van der Waals surface area (Å²) in [5.41, 5.74) is 0. The number of halogens is 1. The molecule has 1 aliphatic heterocycles. The monoisotopic (exact) mass is 252 g/mol. The van der Waals surface area contributed by atoms with E-state index in [-0.39, 0.29) is 4.83 Å². The van der Waals surface area contributed by atoms with E-state index in [4.69, 9.17) is 14.2 Å². The van der Waals surface area contributed by atoms with Crippen LogP contribution in [0.1, 0.15) is 6.92 Å². The summed E-state index contributed by atoms with van der Waals surface area (Å²) in [6.45, 7) is 1.60. The van der Waals surface area contributed by atoms with E-state index in [2.05, 4.69) is 15.9 Å². The first kappa shape index (κ1) is 10.8. The first-order chi connectivity index (χ1) is 6.06. The number of alkyl halides is 1. The second-order valence-electron chi connectivity index (χ2n) is 2.80. The summed E-state index contributed by atoms with van der Waals surface area (Å²) in [6, 6.07) is 0. The van der Waals surface area contributed by atoms with Gasteiger partial charge >= 0.3 is 0 Å². The van der Waals surface area contributed by atoms with Crippen molar-refractivity contribution < 1.29 is 19.3 Å². The predicted octanol–water partition coefficient (Wildman–Crippen LogP) is 0.991. The molecule has 3 atom stereocenters. The van der Waals surface area contributed by atoms with E-state index < -0.39 is 11.9 Å². The lowest BCUT2D eigenvalue weighted by Gasteiger charge is -2.32. The van der Waals surface area contributed by atoms with Gasteiger partial charge in [0.2, 0.25) is 0 Å². The third-order valence-electron chi connectivity index (χ3n) is 2.03. The summed E-state index contributed by atoms with van der Waals surface area (Å²) < 4.78 is 15.4. The molecule has 0 saturated carbocycles. The molecule has 0 radical (unpaired) electrons. The highest BCUT2D eigenvalue weighted by Crippen LogP contribution is 2.37. The molecule has 1 N–H and O–H groups in total. The number of aliphatic hydroxyl groups excluding tert-OH is 1. The highest BCUT2D eigenvalue weighted by atomic mass is 79.9. The minimum Gasteiger partial charge on any atom is -0.469 e. The van der Waals surface area contributed by atoms with Crippen LogP contribution in [-0.2, 0) is 14.2 Å². The number of rotatable bonds is 3. The maximum Gasteiger partial charge on any atom is 0.278 e. The smallest absolute Gasteiger partial charge is 0.278 e. The van der Waals surface area contributed by atoms with Gasteiger partial charge in [0.15, 0.2) is 0 Å². The summed E-state index contributed by atoms with van der Waals surface area (Å²) in [5.74, 6) is -0.727. The van der Waals surface area contributed by atoms with Crippen molar-refractivity contribution in [3.05, 3.63) is 12.0 Å². The molecule has 13 heavy (non-hydrogen) atoms. The molecular formula is C8H13BrO4. The molecule has 0 bridgehead atoms. The van der Waals surface area contributed by atoms with E-state index in [1.54, 1.807) is 13.0 Å². The number of ether oxygens (including phenoxy) is 3. The van der Waals surface area contributed by atoms with Gasteiger partial charge in [0.1, 0.15) is 10.9 Å². The quantitative estimate of drug-likeness (QED) is 0.762. The summed E-state index contributed by atoms with van der Waals surface area (Å²) in [5, 5.41) is 9.52. The predicted molar refractivity (Wildman–Crippen MR) is 50.3 cm³/mol. The fourth-order valence-corrected chi connectivity index (χ4v) is 2.11. The molecule has 1 heterocycles. The van der Waals surface area contributed by atoms with Crippen molar-refractivity contribution in [3.8, 4) is 0 Å². The zero-order chi connectivity index (χ0) is 10.1. The van der Waals surface area contributed by atoms with Gasteiger partial charge in [-0.25, -0.2) is 0 Å². The number of aliphatic hydroxyl groups is 1. The largest absolute Gasteiger partial charge is 0.469 e. The second-order valence-corrected chi connectivity index (χ2v) is 3.78. The summed E-state index contributed by atoms with van der Waals surface area (Å²) >= 11 is 3.34. The van der Waals surface area contributed by atoms with Crippen LogP contribution in [0.2, 0.25) is 0 Å². The summed E-state index contributed by atoms with van der Waals surface area (Å²) in [6.07, 6.45) is 0.946. The normalized spacial score (nSPS) is 35.2. The minimum absolute atomic E-state index is 0.222. The Labute approximate surface area is 85.6 Å². The molecule has 0 aliphatic carbocycles. The Kier molecular flexibility index (Phi) is 3.21. The Balaban J connectivity index is 2.83. The van der Waals surface area contributed by atoms with Gasteiger partial charge in [-0.1, -0.05) is 15.9 Å². The van der Waals surface area contributed by atoms with Crippen LogP contribution in [0.3, 0.4) is 0 Å². The number of hydrogen-bond donors (Lipinski definition) is 1. The molecule has 0 aromatic rings. The highest BCUT2D eigenvalue weighted by molar-refractivity contribution is 9.09. The van der Waals surface area contributed by atoms with Crippen molar-refractivity contribution in [3.63, 3.8) is 0 Å². The van der Waals surface area contributed by atoms with Crippen molar-refractivity contribution in [2.45, 2.75) is 23.6 Å². The van der Waals surface area contributed by atoms with Crippen LogP contribution in [0.25, 0.3) is 0 Å². The molecule has 5 heteroatoms. The average molecular weight is 253 g/mol.